The predicted octanol–water partition coefficient (Wildman–Crippen LogP) is 5.87. The number of carbonyl (C=O) groups excluding carboxylic acids is 1. The van der Waals surface area contributed by atoms with E-state index in [9.17, 15) is 13.2 Å². The molecule has 0 spiro atoms. The minimum absolute atomic E-state index is 0.0125. The molecule has 0 saturated heterocycles. The molecule has 9 nitrogen and oxygen atoms in total. The van der Waals surface area contributed by atoms with Crippen LogP contribution in [0.4, 0.5) is 0 Å². The molecule has 1 aliphatic heterocycles. The Morgan fingerprint density at radius 2 is 2.00 bits per heavy atom. The first-order valence-corrected chi connectivity index (χ1v) is 17.0. The highest BCUT2D eigenvalue weighted by molar-refractivity contribution is 7.89. The summed E-state index contributed by atoms with van der Waals surface area (Å²) < 4.78 is 43.1. The number of aryl methyl sites for hydroxylation is 3. The van der Waals surface area contributed by atoms with Crippen molar-refractivity contribution in [3.8, 4) is 5.75 Å². The van der Waals surface area contributed by atoms with Gasteiger partial charge in [-0.15, -0.1) is 5.10 Å². The van der Waals surface area contributed by atoms with E-state index in [1.807, 2.05) is 33.0 Å². The molecule has 6 rings (SSSR count). The highest BCUT2D eigenvalue weighted by atomic mass is 35.5. The van der Waals surface area contributed by atoms with Crippen molar-refractivity contribution in [1.82, 2.24) is 19.3 Å². The van der Waals surface area contributed by atoms with Crippen LogP contribution in [0.15, 0.2) is 47.4 Å². The van der Waals surface area contributed by atoms with Gasteiger partial charge in [-0.25, -0.2) is 13.1 Å². The summed E-state index contributed by atoms with van der Waals surface area (Å²) in [4.78, 5) is 13.0. The first-order chi connectivity index (χ1) is 21.1. The van der Waals surface area contributed by atoms with Crippen LogP contribution in [0.5, 0.6) is 5.75 Å². The van der Waals surface area contributed by atoms with Crippen molar-refractivity contribution in [1.29, 1.82) is 0 Å². The summed E-state index contributed by atoms with van der Waals surface area (Å²) >= 11 is 6.48. The highest BCUT2D eigenvalue weighted by Gasteiger charge is 2.37. The van der Waals surface area contributed by atoms with Gasteiger partial charge in [0.2, 0.25) is 10.0 Å². The minimum atomic E-state index is -3.96. The fourth-order valence-electron chi connectivity index (χ4n) is 6.64. The number of sulfonamides is 1. The fraction of sp³-hybridized carbons (Fsp3) is 0.424. The van der Waals surface area contributed by atoms with Crippen LogP contribution in [0.25, 0.3) is 11.0 Å². The van der Waals surface area contributed by atoms with Gasteiger partial charge in [0.25, 0.3) is 0 Å². The third kappa shape index (κ3) is 5.48. The van der Waals surface area contributed by atoms with Crippen LogP contribution in [-0.4, -0.2) is 52.9 Å². The Kier molecular flexibility index (Phi) is 8.43. The molecule has 0 N–H and O–H groups in total. The zero-order chi connectivity index (χ0) is 31.2. The standard InChI is InChI=1S/C33H37ClN4O5S/c1-5-24-19-38(44(40,41)33-28(34)11-8-12-30(33)43-24)18-23-16-22(15-21-9-7-10-26(21)23)27(17-31(39)42-6-2)25-13-14-29-32(20(25)3)35-36-37(29)4/h8,11-16,24,27H,5-7,9-10,17-19H2,1-4H3/t24-,27?/m1/s1. The van der Waals surface area contributed by atoms with Crippen molar-refractivity contribution in [2.75, 3.05) is 13.2 Å². The summed E-state index contributed by atoms with van der Waals surface area (Å²) in [6.45, 7) is 6.47. The topological polar surface area (TPSA) is 104 Å². The van der Waals surface area contributed by atoms with Crippen molar-refractivity contribution >= 4 is 38.6 Å². The van der Waals surface area contributed by atoms with E-state index in [0.29, 0.717) is 13.0 Å². The summed E-state index contributed by atoms with van der Waals surface area (Å²) in [7, 11) is -2.11. The Balaban J connectivity index is 1.46. The van der Waals surface area contributed by atoms with E-state index in [-0.39, 0.29) is 53.2 Å². The molecule has 4 aromatic rings. The van der Waals surface area contributed by atoms with Gasteiger partial charge in [-0.2, -0.15) is 4.31 Å². The number of benzene rings is 3. The van der Waals surface area contributed by atoms with Crippen LogP contribution in [-0.2, 0) is 46.0 Å². The van der Waals surface area contributed by atoms with Gasteiger partial charge in [-0.1, -0.05) is 48.0 Å². The molecule has 3 aromatic carbocycles. The lowest BCUT2D eigenvalue weighted by Gasteiger charge is -2.26. The molecule has 2 aliphatic rings. The molecule has 44 heavy (non-hydrogen) atoms. The number of carbonyl (C=O) groups is 1. The Morgan fingerprint density at radius 1 is 1.18 bits per heavy atom. The van der Waals surface area contributed by atoms with Crippen molar-refractivity contribution in [3.05, 3.63) is 80.9 Å². The first kappa shape index (κ1) is 30.6. The molecule has 1 aromatic heterocycles. The predicted molar refractivity (Wildman–Crippen MR) is 169 cm³/mol. The largest absolute Gasteiger partial charge is 0.488 e. The van der Waals surface area contributed by atoms with Crippen LogP contribution in [0, 0.1) is 6.92 Å². The number of hydrogen-bond donors (Lipinski definition) is 0. The van der Waals surface area contributed by atoms with E-state index in [1.165, 1.54) is 15.4 Å². The Hall–Kier alpha value is -3.47. The van der Waals surface area contributed by atoms with Crippen LogP contribution in [0.2, 0.25) is 5.02 Å². The van der Waals surface area contributed by atoms with Crippen LogP contribution in [0.1, 0.15) is 72.4 Å². The summed E-state index contributed by atoms with van der Waals surface area (Å²) in [5.41, 5.74) is 7.89. The van der Waals surface area contributed by atoms with Crippen molar-refractivity contribution in [3.63, 3.8) is 0 Å². The smallest absolute Gasteiger partial charge is 0.306 e. The van der Waals surface area contributed by atoms with Crippen LogP contribution >= 0.6 is 11.6 Å². The molecule has 0 bridgehead atoms. The van der Waals surface area contributed by atoms with E-state index < -0.39 is 10.0 Å². The third-order valence-corrected chi connectivity index (χ3v) is 11.2. The van der Waals surface area contributed by atoms with Gasteiger partial charge in [-0.3, -0.25) is 4.79 Å². The molecular weight excluding hydrogens is 600 g/mol. The van der Waals surface area contributed by atoms with Gasteiger partial charge in [0, 0.05) is 19.5 Å². The number of rotatable bonds is 8. The lowest BCUT2D eigenvalue weighted by atomic mass is 9.83. The number of nitrogens with zero attached hydrogens (tertiary/aromatic N) is 4. The van der Waals surface area contributed by atoms with Crippen molar-refractivity contribution in [2.45, 2.75) is 76.3 Å². The number of halogens is 1. The number of hydrogen-bond acceptors (Lipinski definition) is 7. The summed E-state index contributed by atoms with van der Waals surface area (Å²) in [6, 6.07) is 13.3. The summed E-state index contributed by atoms with van der Waals surface area (Å²) in [5, 5.41) is 8.73. The van der Waals surface area contributed by atoms with Gasteiger partial charge < -0.3 is 9.47 Å². The Morgan fingerprint density at radius 3 is 2.77 bits per heavy atom. The lowest BCUT2D eigenvalue weighted by molar-refractivity contribution is -0.143. The maximum Gasteiger partial charge on any atom is 0.306 e. The molecule has 1 unspecified atom stereocenters. The third-order valence-electron chi connectivity index (χ3n) is 8.89. The normalized spacial score (nSPS) is 18.3. The molecule has 0 amide bonds. The molecule has 232 valence electrons. The lowest BCUT2D eigenvalue weighted by Crippen LogP contribution is -2.36. The monoisotopic (exact) mass is 636 g/mol. The fourth-order valence-corrected chi connectivity index (χ4v) is 8.72. The molecular formula is C33H37ClN4O5S. The van der Waals surface area contributed by atoms with Crippen molar-refractivity contribution in [2.24, 2.45) is 7.05 Å². The van der Waals surface area contributed by atoms with Crippen LogP contribution < -0.4 is 4.74 Å². The minimum Gasteiger partial charge on any atom is -0.488 e. The van der Waals surface area contributed by atoms with Crippen molar-refractivity contribution < 1.29 is 22.7 Å². The molecule has 0 fully saturated rings. The number of fused-ring (bicyclic) bond motifs is 3. The molecule has 2 atom stereocenters. The van der Waals surface area contributed by atoms with E-state index in [2.05, 4.69) is 22.4 Å². The van der Waals surface area contributed by atoms with E-state index in [0.717, 1.165) is 52.5 Å². The molecule has 0 saturated carbocycles. The van der Waals surface area contributed by atoms with Gasteiger partial charge in [0.05, 0.1) is 30.1 Å². The second kappa shape index (κ2) is 12.1. The van der Waals surface area contributed by atoms with E-state index in [1.54, 1.807) is 29.8 Å². The SMILES string of the molecule is CCOC(=O)CC(c1cc2c(c(CN3C[C@@H](CC)Oc4cccc(Cl)c4S3(=O)=O)c1)CCC2)c1ccc2c(nnn2C)c1C. The number of ether oxygens (including phenoxy) is 2. The first-order valence-electron chi connectivity index (χ1n) is 15.2. The quantitative estimate of drug-likeness (QED) is 0.223. The number of aromatic nitrogens is 3. The average molecular weight is 637 g/mol. The molecule has 1 aliphatic carbocycles. The van der Waals surface area contributed by atoms with Crippen LogP contribution in [0.3, 0.4) is 0 Å². The molecule has 0 radical (unpaired) electrons. The summed E-state index contributed by atoms with van der Waals surface area (Å²) in [5.74, 6) is -0.314. The maximum absolute atomic E-state index is 14.1. The zero-order valence-corrected chi connectivity index (χ0v) is 27.0. The van der Waals surface area contributed by atoms with Gasteiger partial charge >= 0.3 is 5.97 Å². The molecule has 11 heteroatoms. The zero-order valence-electron chi connectivity index (χ0n) is 25.5. The Labute approximate surface area is 263 Å². The van der Waals surface area contributed by atoms with Gasteiger partial charge in [-0.05, 0) is 91.1 Å². The van der Waals surface area contributed by atoms with E-state index >= 15 is 0 Å². The van der Waals surface area contributed by atoms with E-state index in [4.69, 9.17) is 21.1 Å². The Bertz CT molecular complexity index is 1850. The second-order valence-electron chi connectivity index (χ2n) is 11.6. The number of esters is 1. The van der Waals surface area contributed by atoms with Gasteiger partial charge in [0.1, 0.15) is 22.3 Å². The molecule has 2 heterocycles. The summed E-state index contributed by atoms with van der Waals surface area (Å²) in [6.07, 6.45) is 3.22. The second-order valence-corrected chi connectivity index (χ2v) is 13.9. The average Bonchev–Trinajstić information content (AvgIpc) is 3.60. The maximum atomic E-state index is 14.1. The highest BCUT2D eigenvalue weighted by Crippen LogP contribution is 2.40. The van der Waals surface area contributed by atoms with Gasteiger partial charge in [0.15, 0.2) is 0 Å².